The SMILES string of the molecule is Fc1cccc2c1nc(OCC1CCN(CC(F)(F)F)CC1)c1ccccc12. The van der Waals surface area contributed by atoms with Gasteiger partial charge in [-0.1, -0.05) is 30.3 Å². The van der Waals surface area contributed by atoms with Crippen LogP contribution in [-0.2, 0) is 0 Å². The molecule has 1 aliphatic rings. The number of rotatable bonds is 4. The van der Waals surface area contributed by atoms with Crippen LogP contribution in [0.15, 0.2) is 42.5 Å². The maximum atomic E-state index is 14.3. The number of piperidine rings is 1. The highest BCUT2D eigenvalue weighted by molar-refractivity contribution is 6.07. The molecular formula is C21H20F4N2O. The van der Waals surface area contributed by atoms with Crippen molar-refractivity contribution in [1.29, 1.82) is 0 Å². The molecule has 2 heterocycles. The summed E-state index contributed by atoms with van der Waals surface area (Å²) in [6, 6.07) is 12.4. The maximum absolute atomic E-state index is 14.3. The number of aromatic nitrogens is 1. The molecule has 4 rings (SSSR count). The molecule has 0 atom stereocenters. The summed E-state index contributed by atoms with van der Waals surface area (Å²) >= 11 is 0. The Kier molecular flexibility index (Phi) is 5.10. The number of hydrogen-bond donors (Lipinski definition) is 0. The molecular weight excluding hydrogens is 372 g/mol. The number of halogens is 4. The number of benzene rings is 2. The highest BCUT2D eigenvalue weighted by atomic mass is 19.4. The van der Waals surface area contributed by atoms with Gasteiger partial charge in [-0.2, -0.15) is 13.2 Å². The van der Waals surface area contributed by atoms with Crippen LogP contribution in [0.4, 0.5) is 17.6 Å². The van der Waals surface area contributed by atoms with Gasteiger partial charge in [0.15, 0.2) is 0 Å². The fourth-order valence-electron chi connectivity index (χ4n) is 3.78. The summed E-state index contributed by atoms with van der Waals surface area (Å²) in [4.78, 5) is 5.82. The van der Waals surface area contributed by atoms with E-state index in [1.54, 1.807) is 6.07 Å². The molecule has 0 amide bonds. The van der Waals surface area contributed by atoms with E-state index in [0.29, 0.717) is 38.4 Å². The van der Waals surface area contributed by atoms with E-state index in [9.17, 15) is 17.6 Å². The Morgan fingerprint density at radius 2 is 1.64 bits per heavy atom. The zero-order chi connectivity index (χ0) is 19.7. The number of nitrogens with zero attached hydrogens (tertiary/aromatic N) is 2. The standard InChI is InChI=1S/C21H20F4N2O/c22-18-7-3-6-16-15-4-1-2-5-17(15)20(26-19(16)18)28-12-14-8-10-27(11-9-14)13-21(23,24)25/h1-7,14H,8-13H2. The van der Waals surface area contributed by atoms with Crippen molar-refractivity contribution in [3.63, 3.8) is 0 Å². The van der Waals surface area contributed by atoms with Crippen molar-refractivity contribution < 1.29 is 22.3 Å². The molecule has 0 saturated carbocycles. The minimum atomic E-state index is -4.17. The zero-order valence-electron chi connectivity index (χ0n) is 15.2. The molecule has 1 aliphatic heterocycles. The minimum Gasteiger partial charge on any atom is -0.477 e. The summed E-state index contributed by atoms with van der Waals surface area (Å²) < 4.78 is 57.7. The molecule has 148 valence electrons. The van der Waals surface area contributed by atoms with Gasteiger partial charge in [-0.05, 0) is 49.4 Å². The van der Waals surface area contributed by atoms with Gasteiger partial charge in [-0.25, -0.2) is 9.37 Å². The van der Waals surface area contributed by atoms with Gasteiger partial charge in [0, 0.05) is 10.8 Å². The summed E-state index contributed by atoms with van der Waals surface area (Å²) in [5, 5.41) is 2.39. The van der Waals surface area contributed by atoms with E-state index < -0.39 is 18.5 Å². The normalized spacial score (nSPS) is 16.7. The van der Waals surface area contributed by atoms with Crippen LogP contribution in [0.3, 0.4) is 0 Å². The number of hydrogen-bond acceptors (Lipinski definition) is 3. The predicted octanol–water partition coefficient (Wildman–Crippen LogP) is 5.18. The van der Waals surface area contributed by atoms with Crippen LogP contribution in [0.5, 0.6) is 5.88 Å². The van der Waals surface area contributed by atoms with Crippen molar-refractivity contribution in [2.45, 2.75) is 19.0 Å². The Balaban J connectivity index is 1.50. The van der Waals surface area contributed by atoms with Gasteiger partial charge in [-0.3, -0.25) is 4.90 Å². The number of pyridine rings is 1. The predicted molar refractivity (Wildman–Crippen MR) is 99.9 cm³/mol. The third-order valence-electron chi connectivity index (χ3n) is 5.21. The fourth-order valence-corrected chi connectivity index (χ4v) is 3.78. The number of ether oxygens (including phenoxy) is 1. The molecule has 0 aliphatic carbocycles. The summed E-state index contributed by atoms with van der Waals surface area (Å²) in [6.45, 7) is 0.287. The van der Waals surface area contributed by atoms with Crippen LogP contribution in [0, 0.1) is 11.7 Å². The Labute approximate surface area is 159 Å². The first-order chi connectivity index (χ1) is 13.4. The smallest absolute Gasteiger partial charge is 0.401 e. The van der Waals surface area contributed by atoms with E-state index in [0.717, 1.165) is 16.2 Å². The number of fused-ring (bicyclic) bond motifs is 3. The van der Waals surface area contributed by atoms with E-state index in [1.807, 2.05) is 30.3 Å². The molecule has 7 heteroatoms. The molecule has 0 spiro atoms. The van der Waals surface area contributed by atoms with Gasteiger partial charge in [0.1, 0.15) is 11.3 Å². The van der Waals surface area contributed by atoms with Crippen molar-refractivity contribution in [3.8, 4) is 5.88 Å². The van der Waals surface area contributed by atoms with Gasteiger partial charge in [0.25, 0.3) is 0 Å². The van der Waals surface area contributed by atoms with E-state index in [1.165, 1.54) is 11.0 Å². The van der Waals surface area contributed by atoms with Crippen molar-refractivity contribution in [3.05, 3.63) is 48.3 Å². The topological polar surface area (TPSA) is 25.4 Å². The third-order valence-corrected chi connectivity index (χ3v) is 5.21. The fraction of sp³-hybridized carbons (Fsp3) is 0.381. The first kappa shape index (κ1) is 18.9. The Bertz CT molecular complexity index is 981. The number of alkyl halides is 3. The Hall–Kier alpha value is -2.41. The van der Waals surface area contributed by atoms with Crippen molar-refractivity contribution >= 4 is 21.7 Å². The van der Waals surface area contributed by atoms with Gasteiger partial charge in [0.05, 0.1) is 13.2 Å². The van der Waals surface area contributed by atoms with Crippen LogP contribution >= 0.6 is 0 Å². The van der Waals surface area contributed by atoms with Crippen molar-refractivity contribution in [2.24, 2.45) is 5.92 Å². The lowest BCUT2D eigenvalue weighted by Crippen LogP contribution is -2.41. The highest BCUT2D eigenvalue weighted by Crippen LogP contribution is 2.32. The molecule has 1 fully saturated rings. The molecule has 1 saturated heterocycles. The van der Waals surface area contributed by atoms with Gasteiger partial charge in [0.2, 0.25) is 5.88 Å². The first-order valence-electron chi connectivity index (χ1n) is 9.29. The largest absolute Gasteiger partial charge is 0.477 e. The maximum Gasteiger partial charge on any atom is 0.401 e. The second-order valence-electron chi connectivity index (χ2n) is 7.24. The van der Waals surface area contributed by atoms with Crippen LogP contribution in [0.25, 0.3) is 21.7 Å². The van der Waals surface area contributed by atoms with E-state index in [2.05, 4.69) is 4.98 Å². The van der Waals surface area contributed by atoms with Crippen LogP contribution in [0.2, 0.25) is 0 Å². The lowest BCUT2D eigenvalue weighted by molar-refractivity contribution is -0.148. The van der Waals surface area contributed by atoms with Crippen LogP contribution < -0.4 is 4.74 Å². The molecule has 0 N–H and O–H groups in total. The second kappa shape index (κ2) is 7.54. The molecule has 2 aromatic carbocycles. The molecule has 3 aromatic rings. The lowest BCUT2D eigenvalue weighted by atomic mass is 9.98. The lowest BCUT2D eigenvalue weighted by Gasteiger charge is -2.32. The molecule has 0 unspecified atom stereocenters. The molecule has 3 nitrogen and oxygen atoms in total. The van der Waals surface area contributed by atoms with Gasteiger partial charge in [-0.15, -0.1) is 0 Å². The summed E-state index contributed by atoms with van der Waals surface area (Å²) in [5.41, 5.74) is 0.260. The summed E-state index contributed by atoms with van der Waals surface area (Å²) in [5.74, 6) is 0.112. The Morgan fingerprint density at radius 1 is 0.964 bits per heavy atom. The second-order valence-corrected chi connectivity index (χ2v) is 7.24. The zero-order valence-corrected chi connectivity index (χ0v) is 15.2. The third kappa shape index (κ3) is 4.04. The summed E-state index contributed by atoms with van der Waals surface area (Å²) in [6.07, 6.45) is -2.90. The number of likely N-dealkylation sites (tertiary alicyclic amines) is 1. The molecule has 1 aromatic heterocycles. The Morgan fingerprint density at radius 3 is 2.36 bits per heavy atom. The average Bonchev–Trinajstić information content (AvgIpc) is 2.67. The molecule has 28 heavy (non-hydrogen) atoms. The van der Waals surface area contributed by atoms with E-state index >= 15 is 0 Å². The number of para-hydroxylation sites is 1. The minimum absolute atomic E-state index is 0.154. The van der Waals surface area contributed by atoms with Crippen molar-refractivity contribution in [1.82, 2.24) is 9.88 Å². The van der Waals surface area contributed by atoms with E-state index in [-0.39, 0.29) is 11.4 Å². The first-order valence-corrected chi connectivity index (χ1v) is 9.29. The monoisotopic (exact) mass is 392 g/mol. The van der Waals surface area contributed by atoms with Gasteiger partial charge >= 0.3 is 6.18 Å². The molecule has 0 bridgehead atoms. The summed E-state index contributed by atoms with van der Waals surface area (Å²) in [7, 11) is 0. The highest BCUT2D eigenvalue weighted by Gasteiger charge is 2.32. The average molecular weight is 392 g/mol. The van der Waals surface area contributed by atoms with Crippen LogP contribution in [0.1, 0.15) is 12.8 Å². The van der Waals surface area contributed by atoms with Crippen molar-refractivity contribution in [2.75, 3.05) is 26.2 Å². The van der Waals surface area contributed by atoms with Gasteiger partial charge < -0.3 is 4.74 Å². The quantitative estimate of drug-likeness (QED) is 0.452. The molecule has 0 radical (unpaired) electrons. The van der Waals surface area contributed by atoms with E-state index in [4.69, 9.17) is 4.74 Å². The van der Waals surface area contributed by atoms with Crippen LogP contribution in [-0.4, -0.2) is 42.3 Å².